The Morgan fingerprint density at radius 1 is 1.08 bits per heavy atom. The van der Waals surface area contributed by atoms with E-state index in [1.54, 1.807) is 0 Å². The molecule has 0 saturated carbocycles. The molecule has 1 amide bonds. The van der Waals surface area contributed by atoms with Gasteiger partial charge < -0.3 is 5.32 Å². The van der Waals surface area contributed by atoms with Crippen molar-refractivity contribution >= 4 is 33.2 Å². The molecule has 134 valence electrons. The second-order valence-electron chi connectivity index (χ2n) is 4.88. The zero-order valence-electron chi connectivity index (χ0n) is 12.7. The summed E-state index contributed by atoms with van der Waals surface area (Å²) in [5.41, 5.74) is -0.733. The summed E-state index contributed by atoms with van der Waals surface area (Å²) in [5, 5.41) is 2.32. The quantitative estimate of drug-likeness (QED) is 0.836. The Hall–Kier alpha value is -2.10. The number of carbonyl (C=O) groups excluding carboxylic acids is 1. The number of nitrogens with one attached hydrogen (secondary N) is 2. The van der Waals surface area contributed by atoms with Gasteiger partial charge in [-0.3, -0.25) is 4.79 Å². The SMILES string of the molecule is CNS(=O)(=O)c1cc(C(=O)Nc2ccc(C(F)(F)F)cc2)ccc1Cl. The standard InChI is InChI=1S/C15H12ClF3N2O3S/c1-20-25(23,24)13-8-9(2-7-12(13)16)14(22)21-11-5-3-10(4-6-11)15(17,18)19/h2-8,20H,1H3,(H,21,22). The van der Waals surface area contributed by atoms with Gasteiger partial charge in [0.05, 0.1) is 10.6 Å². The Bertz CT molecular complexity index is 897. The first-order valence-electron chi connectivity index (χ1n) is 6.76. The summed E-state index contributed by atoms with van der Waals surface area (Å²) in [6.45, 7) is 0. The summed E-state index contributed by atoms with van der Waals surface area (Å²) >= 11 is 5.83. The lowest BCUT2D eigenvalue weighted by Crippen LogP contribution is -2.20. The zero-order valence-corrected chi connectivity index (χ0v) is 14.3. The topological polar surface area (TPSA) is 75.3 Å². The summed E-state index contributed by atoms with van der Waals surface area (Å²) in [5.74, 6) is -0.691. The first kappa shape index (κ1) is 19.2. The van der Waals surface area contributed by atoms with Crippen molar-refractivity contribution in [3.8, 4) is 0 Å². The van der Waals surface area contributed by atoms with Crippen LogP contribution in [0.15, 0.2) is 47.4 Å². The van der Waals surface area contributed by atoms with E-state index in [1.165, 1.54) is 19.2 Å². The van der Waals surface area contributed by atoms with Crippen LogP contribution in [0.3, 0.4) is 0 Å². The molecule has 0 fully saturated rings. The number of anilines is 1. The second kappa shape index (κ2) is 7.03. The van der Waals surface area contributed by atoms with Crippen LogP contribution < -0.4 is 10.0 Å². The number of amides is 1. The molecule has 0 aliphatic carbocycles. The molecule has 25 heavy (non-hydrogen) atoms. The predicted molar refractivity (Wildman–Crippen MR) is 87.1 cm³/mol. The molecule has 2 aromatic carbocycles. The number of benzene rings is 2. The van der Waals surface area contributed by atoms with Gasteiger partial charge in [-0.1, -0.05) is 11.6 Å². The molecule has 2 aromatic rings. The van der Waals surface area contributed by atoms with Crippen molar-refractivity contribution in [3.63, 3.8) is 0 Å². The van der Waals surface area contributed by atoms with Crippen LogP contribution in [0.4, 0.5) is 18.9 Å². The monoisotopic (exact) mass is 392 g/mol. The lowest BCUT2D eigenvalue weighted by molar-refractivity contribution is -0.137. The van der Waals surface area contributed by atoms with E-state index in [9.17, 15) is 26.4 Å². The third-order valence-electron chi connectivity index (χ3n) is 3.22. The fraction of sp³-hybridized carbons (Fsp3) is 0.133. The Labute approximate surface area is 146 Å². The number of alkyl halides is 3. The fourth-order valence-corrected chi connectivity index (χ4v) is 3.16. The van der Waals surface area contributed by atoms with E-state index >= 15 is 0 Å². The molecule has 2 N–H and O–H groups in total. The summed E-state index contributed by atoms with van der Waals surface area (Å²) < 4.78 is 63.3. The lowest BCUT2D eigenvalue weighted by atomic mass is 10.1. The average molecular weight is 393 g/mol. The smallest absolute Gasteiger partial charge is 0.322 e. The van der Waals surface area contributed by atoms with Crippen LogP contribution in [-0.2, 0) is 16.2 Å². The number of sulfonamides is 1. The molecule has 2 rings (SSSR count). The van der Waals surface area contributed by atoms with Crippen LogP contribution in [0.1, 0.15) is 15.9 Å². The van der Waals surface area contributed by atoms with Crippen LogP contribution in [-0.4, -0.2) is 21.4 Å². The van der Waals surface area contributed by atoms with Crippen molar-refractivity contribution in [2.45, 2.75) is 11.1 Å². The minimum atomic E-state index is -4.48. The van der Waals surface area contributed by atoms with Gasteiger partial charge >= 0.3 is 6.18 Å². The van der Waals surface area contributed by atoms with Crippen LogP contribution >= 0.6 is 11.6 Å². The number of hydrogen-bond donors (Lipinski definition) is 2. The Morgan fingerprint density at radius 2 is 1.68 bits per heavy atom. The van der Waals surface area contributed by atoms with Crippen molar-refractivity contribution < 1.29 is 26.4 Å². The molecule has 5 nitrogen and oxygen atoms in total. The summed E-state index contributed by atoms with van der Waals surface area (Å²) in [4.78, 5) is 11.9. The summed E-state index contributed by atoms with van der Waals surface area (Å²) in [6, 6.07) is 7.48. The highest BCUT2D eigenvalue weighted by molar-refractivity contribution is 7.89. The molecule has 0 radical (unpaired) electrons. The van der Waals surface area contributed by atoms with Gasteiger partial charge in [-0.25, -0.2) is 13.1 Å². The zero-order chi connectivity index (χ0) is 18.8. The van der Waals surface area contributed by atoms with Crippen LogP contribution in [0.2, 0.25) is 5.02 Å². The van der Waals surface area contributed by atoms with E-state index in [1.807, 2.05) is 0 Å². The molecule has 0 heterocycles. The van der Waals surface area contributed by atoms with Gasteiger partial charge in [-0.15, -0.1) is 0 Å². The number of hydrogen-bond acceptors (Lipinski definition) is 3. The van der Waals surface area contributed by atoms with E-state index in [0.717, 1.165) is 30.3 Å². The van der Waals surface area contributed by atoms with E-state index in [4.69, 9.17) is 11.6 Å². The number of carbonyl (C=O) groups is 1. The van der Waals surface area contributed by atoms with Gasteiger partial charge in [-0.05, 0) is 49.5 Å². The highest BCUT2D eigenvalue weighted by atomic mass is 35.5. The number of halogens is 4. The first-order chi connectivity index (χ1) is 11.5. The Morgan fingerprint density at radius 3 is 2.20 bits per heavy atom. The normalized spacial score (nSPS) is 12.0. The maximum absolute atomic E-state index is 12.5. The summed E-state index contributed by atoms with van der Waals surface area (Å²) in [6.07, 6.45) is -4.48. The highest BCUT2D eigenvalue weighted by Gasteiger charge is 2.30. The molecule has 0 atom stereocenters. The van der Waals surface area contributed by atoms with Gasteiger partial charge in [0, 0.05) is 11.3 Å². The lowest BCUT2D eigenvalue weighted by Gasteiger charge is -2.10. The van der Waals surface area contributed by atoms with E-state index in [2.05, 4.69) is 10.0 Å². The molecule has 0 saturated heterocycles. The predicted octanol–water partition coefficient (Wildman–Crippen LogP) is 3.52. The second-order valence-corrected chi connectivity index (χ2v) is 7.14. The van der Waals surface area contributed by atoms with Crippen LogP contribution in [0.5, 0.6) is 0 Å². The van der Waals surface area contributed by atoms with Gasteiger partial charge in [-0.2, -0.15) is 13.2 Å². The van der Waals surface area contributed by atoms with Crippen molar-refractivity contribution in [1.29, 1.82) is 0 Å². The van der Waals surface area contributed by atoms with Crippen LogP contribution in [0, 0.1) is 0 Å². The van der Waals surface area contributed by atoms with E-state index in [0.29, 0.717) is 0 Å². The van der Waals surface area contributed by atoms with Crippen molar-refractivity contribution in [3.05, 3.63) is 58.6 Å². The molecule has 10 heteroatoms. The van der Waals surface area contributed by atoms with Crippen molar-refractivity contribution in [2.24, 2.45) is 0 Å². The molecule has 0 aliphatic heterocycles. The number of rotatable bonds is 4. The van der Waals surface area contributed by atoms with Gasteiger partial charge in [0.1, 0.15) is 4.90 Å². The Balaban J connectivity index is 2.26. The molecule has 0 aliphatic rings. The van der Waals surface area contributed by atoms with Crippen molar-refractivity contribution in [2.75, 3.05) is 12.4 Å². The molecule has 0 bridgehead atoms. The van der Waals surface area contributed by atoms with Gasteiger partial charge in [0.15, 0.2) is 0 Å². The molecular formula is C15H12ClF3N2O3S. The van der Waals surface area contributed by atoms with Gasteiger partial charge in [0.25, 0.3) is 5.91 Å². The maximum atomic E-state index is 12.5. The van der Waals surface area contributed by atoms with Crippen LogP contribution in [0.25, 0.3) is 0 Å². The molecule has 0 spiro atoms. The molecular weight excluding hydrogens is 381 g/mol. The highest BCUT2D eigenvalue weighted by Crippen LogP contribution is 2.30. The largest absolute Gasteiger partial charge is 0.416 e. The molecule has 0 aromatic heterocycles. The van der Waals surface area contributed by atoms with Gasteiger partial charge in [0.2, 0.25) is 10.0 Å². The first-order valence-corrected chi connectivity index (χ1v) is 8.62. The minimum Gasteiger partial charge on any atom is -0.322 e. The maximum Gasteiger partial charge on any atom is 0.416 e. The fourth-order valence-electron chi connectivity index (χ4n) is 1.91. The van der Waals surface area contributed by atoms with E-state index in [-0.39, 0.29) is 21.2 Å². The minimum absolute atomic E-state index is 0.0156. The summed E-state index contributed by atoms with van der Waals surface area (Å²) in [7, 11) is -2.67. The van der Waals surface area contributed by atoms with Crippen molar-refractivity contribution in [1.82, 2.24) is 4.72 Å². The average Bonchev–Trinajstić information content (AvgIpc) is 2.54. The third-order valence-corrected chi connectivity index (χ3v) is 5.12. The Kier molecular flexibility index (Phi) is 5.40. The third kappa shape index (κ3) is 4.50. The van der Waals surface area contributed by atoms with E-state index < -0.39 is 27.7 Å². The molecule has 0 unspecified atom stereocenters.